The number of amides is 1. The quantitative estimate of drug-likeness (QED) is 0.543. The standard InChI is InChI=1S/C18H23N3O5S/c1-11-8-12(21-26-11)10-27-16-13(6-5-7-19-16)15(23)20-9-14(22)17(24)25-18(2,3)4/h5-8,14,22H,9-10H2,1-4H3,(H,20,23)/t14-/m0/s1. The minimum absolute atomic E-state index is 0.255. The number of aliphatic hydroxyl groups is 1. The molecule has 2 aromatic rings. The first-order chi connectivity index (χ1) is 12.7. The van der Waals surface area contributed by atoms with Gasteiger partial charge in [0.15, 0.2) is 6.10 Å². The van der Waals surface area contributed by atoms with E-state index in [0.29, 0.717) is 22.1 Å². The second kappa shape index (κ2) is 9.01. The number of nitrogens with zero attached hydrogens (tertiary/aromatic N) is 2. The van der Waals surface area contributed by atoms with Crippen molar-refractivity contribution >= 4 is 23.6 Å². The minimum atomic E-state index is -1.45. The second-order valence-electron chi connectivity index (χ2n) is 6.83. The Hall–Kier alpha value is -2.39. The number of rotatable bonds is 7. The van der Waals surface area contributed by atoms with Gasteiger partial charge in [-0.1, -0.05) is 16.9 Å². The van der Waals surface area contributed by atoms with Crippen molar-refractivity contribution < 1.29 is 24.0 Å². The van der Waals surface area contributed by atoms with Gasteiger partial charge in [0.2, 0.25) is 0 Å². The van der Waals surface area contributed by atoms with Crippen LogP contribution in [0.2, 0.25) is 0 Å². The summed E-state index contributed by atoms with van der Waals surface area (Å²) in [6.07, 6.45) is 0.141. The van der Waals surface area contributed by atoms with Gasteiger partial charge in [0.1, 0.15) is 16.4 Å². The van der Waals surface area contributed by atoms with Crippen molar-refractivity contribution in [3.05, 3.63) is 41.4 Å². The molecule has 2 heterocycles. The first kappa shape index (κ1) is 20.9. The molecule has 0 saturated carbocycles. The smallest absolute Gasteiger partial charge is 0.337 e. The monoisotopic (exact) mass is 393 g/mol. The molecule has 2 rings (SSSR count). The van der Waals surface area contributed by atoms with E-state index >= 15 is 0 Å². The summed E-state index contributed by atoms with van der Waals surface area (Å²) in [7, 11) is 0. The third-order valence-corrected chi connectivity index (χ3v) is 4.22. The normalized spacial score (nSPS) is 12.5. The summed E-state index contributed by atoms with van der Waals surface area (Å²) in [5.74, 6) is -0.0231. The van der Waals surface area contributed by atoms with Crippen LogP contribution in [0.1, 0.15) is 42.6 Å². The Labute approximate surface area is 161 Å². The first-order valence-corrected chi connectivity index (χ1v) is 9.33. The zero-order chi connectivity index (χ0) is 20.0. The van der Waals surface area contributed by atoms with Gasteiger partial charge in [-0.15, -0.1) is 0 Å². The molecule has 0 fully saturated rings. The lowest BCUT2D eigenvalue weighted by molar-refractivity contribution is -0.164. The molecule has 0 bridgehead atoms. The Kier molecular flexibility index (Phi) is 6.98. The predicted octanol–water partition coefficient (Wildman–Crippen LogP) is 2.10. The molecule has 2 aromatic heterocycles. The van der Waals surface area contributed by atoms with Crippen LogP contribution in [0.4, 0.5) is 0 Å². The lowest BCUT2D eigenvalue weighted by Crippen LogP contribution is -2.40. The molecule has 0 saturated heterocycles. The largest absolute Gasteiger partial charge is 0.458 e. The molecule has 146 valence electrons. The van der Waals surface area contributed by atoms with Crippen LogP contribution in [0.5, 0.6) is 0 Å². The third kappa shape index (κ3) is 6.69. The highest BCUT2D eigenvalue weighted by Gasteiger charge is 2.24. The Morgan fingerprint density at radius 2 is 2.15 bits per heavy atom. The molecule has 9 heteroatoms. The lowest BCUT2D eigenvalue weighted by Gasteiger charge is -2.21. The van der Waals surface area contributed by atoms with E-state index in [-0.39, 0.29) is 6.54 Å². The summed E-state index contributed by atoms with van der Waals surface area (Å²) in [4.78, 5) is 28.4. The van der Waals surface area contributed by atoms with Gasteiger partial charge >= 0.3 is 5.97 Å². The third-order valence-electron chi connectivity index (χ3n) is 3.18. The Bertz CT molecular complexity index is 800. The first-order valence-electron chi connectivity index (χ1n) is 8.35. The number of hydrogen-bond acceptors (Lipinski definition) is 8. The van der Waals surface area contributed by atoms with E-state index in [1.54, 1.807) is 46.0 Å². The summed E-state index contributed by atoms with van der Waals surface area (Å²) >= 11 is 1.34. The summed E-state index contributed by atoms with van der Waals surface area (Å²) in [6.45, 7) is 6.65. The van der Waals surface area contributed by atoms with Crippen LogP contribution in [0.15, 0.2) is 33.9 Å². The summed E-state index contributed by atoms with van der Waals surface area (Å²) in [5.41, 5.74) is 0.378. The highest BCUT2D eigenvalue weighted by molar-refractivity contribution is 7.98. The predicted molar refractivity (Wildman–Crippen MR) is 99.2 cm³/mol. The van der Waals surface area contributed by atoms with Crippen molar-refractivity contribution in [1.29, 1.82) is 0 Å². The molecule has 0 spiro atoms. The second-order valence-corrected chi connectivity index (χ2v) is 7.80. The maximum atomic E-state index is 12.4. The van der Waals surface area contributed by atoms with E-state index < -0.39 is 23.6 Å². The molecule has 0 unspecified atom stereocenters. The van der Waals surface area contributed by atoms with E-state index in [2.05, 4.69) is 15.5 Å². The number of esters is 1. The van der Waals surface area contributed by atoms with Gasteiger partial charge in [0.25, 0.3) is 5.91 Å². The number of aryl methyl sites for hydroxylation is 1. The lowest BCUT2D eigenvalue weighted by atomic mass is 10.2. The zero-order valence-electron chi connectivity index (χ0n) is 15.7. The molecule has 0 aliphatic carbocycles. The van der Waals surface area contributed by atoms with Crippen LogP contribution >= 0.6 is 11.8 Å². The van der Waals surface area contributed by atoms with Crippen LogP contribution < -0.4 is 5.32 Å². The fraction of sp³-hybridized carbons (Fsp3) is 0.444. The van der Waals surface area contributed by atoms with E-state index in [1.165, 1.54) is 11.8 Å². The van der Waals surface area contributed by atoms with Crippen LogP contribution in [0, 0.1) is 6.92 Å². The number of thioether (sulfide) groups is 1. The van der Waals surface area contributed by atoms with E-state index in [9.17, 15) is 14.7 Å². The number of aromatic nitrogens is 2. The highest BCUT2D eigenvalue weighted by atomic mass is 32.2. The molecule has 1 amide bonds. The Morgan fingerprint density at radius 3 is 2.78 bits per heavy atom. The number of nitrogens with one attached hydrogen (secondary N) is 1. The van der Waals surface area contributed by atoms with Gasteiger partial charge in [0.05, 0.1) is 17.8 Å². The van der Waals surface area contributed by atoms with Crippen LogP contribution in [0.25, 0.3) is 0 Å². The summed E-state index contributed by atoms with van der Waals surface area (Å²) in [5, 5.41) is 16.8. The fourth-order valence-electron chi connectivity index (χ4n) is 2.04. The highest BCUT2D eigenvalue weighted by Crippen LogP contribution is 2.24. The molecule has 8 nitrogen and oxygen atoms in total. The molecule has 2 N–H and O–H groups in total. The zero-order valence-corrected chi connectivity index (χ0v) is 16.5. The molecule has 27 heavy (non-hydrogen) atoms. The van der Waals surface area contributed by atoms with Crippen LogP contribution in [-0.2, 0) is 15.3 Å². The van der Waals surface area contributed by atoms with Gasteiger partial charge in [-0.25, -0.2) is 9.78 Å². The van der Waals surface area contributed by atoms with Gasteiger partial charge in [-0.3, -0.25) is 4.79 Å². The van der Waals surface area contributed by atoms with Crippen molar-refractivity contribution in [3.8, 4) is 0 Å². The molecule has 1 atom stereocenters. The van der Waals surface area contributed by atoms with Crippen molar-refractivity contribution in [1.82, 2.24) is 15.5 Å². The molecule has 0 aliphatic heterocycles. The van der Waals surface area contributed by atoms with Crippen molar-refractivity contribution in [2.75, 3.05) is 6.54 Å². The van der Waals surface area contributed by atoms with Gasteiger partial charge in [-0.05, 0) is 39.8 Å². The van der Waals surface area contributed by atoms with E-state index in [0.717, 1.165) is 5.69 Å². The average molecular weight is 393 g/mol. The number of carbonyl (C=O) groups excluding carboxylic acids is 2. The van der Waals surface area contributed by atoms with Crippen molar-refractivity contribution in [2.24, 2.45) is 0 Å². The number of carbonyl (C=O) groups is 2. The number of pyridine rings is 1. The summed E-state index contributed by atoms with van der Waals surface area (Å²) in [6, 6.07) is 5.08. The molecular weight excluding hydrogens is 370 g/mol. The SMILES string of the molecule is Cc1cc(CSc2ncccc2C(=O)NC[C@H](O)C(=O)OC(C)(C)C)no1. The summed E-state index contributed by atoms with van der Waals surface area (Å²) < 4.78 is 10.1. The van der Waals surface area contributed by atoms with Crippen molar-refractivity contribution in [3.63, 3.8) is 0 Å². The minimum Gasteiger partial charge on any atom is -0.458 e. The van der Waals surface area contributed by atoms with Gasteiger partial charge in [-0.2, -0.15) is 0 Å². The molecule has 0 aromatic carbocycles. The Balaban J connectivity index is 1.95. The van der Waals surface area contributed by atoms with Gasteiger partial charge < -0.3 is 19.7 Å². The number of aliphatic hydroxyl groups excluding tert-OH is 1. The molecular formula is C18H23N3O5S. The van der Waals surface area contributed by atoms with E-state index in [1.807, 2.05) is 6.07 Å². The maximum absolute atomic E-state index is 12.4. The van der Waals surface area contributed by atoms with Crippen LogP contribution in [0.3, 0.4) is 0 Å². The molecule has 0 radical (unpaired) electrons. The topological polar surface area (TPSA) is 115 Å². The number of ether oxygens (including phenoxy) is 1. The fourth-order valence-corrected chi connectivity index (χ4v) is 2.92. The molecule has 0 aliphatic rings. The van der Waals surface area contributed by atoms with Crippen molar-refractivity contribution in [2.45, 2.75) is 50.2 Å². The average Bonchev–Trinajstić information content (AvgIpc) is 3.01. The maximum Gasteiger partial charge on any atom is 0.337 e. The van der Waals surface area contributed by atoms with E-state index in [4.69, 9.17) is 9.26 Å². The van der Waals surface area contributed by atoms with Gasteiger partial charge in [0, 0.05) is 18.0 Å². The van der Waals surface area contributed by atoms with Crippen LogP contribution in [-0.4, -0.2) is 45.4 Å². The Morgan fingerprint density at radius 1 is 1.41 bits per heavy atom. The number of hydrogen-bond donors (Lipinski definition) is 2.